The van der Waals surface area contributed by atoms with Gasteiger partial charge in [0.2, 0.25) is 5.91 Å². The molecule has 0 saturated heterocycles. The van der Waals surface area contributed by atoms with Gasteiger partial charge in [-0.05, 0) is 36.2 Å². The van der Waals surface area contributed by atoms with E-state index in [1.807, 2.05) is 6.07 Å². The fraction of sp³-hybridized carbons (Fsp3) is 0.300. The molecule has 2 aromatic carbocycles. The van der Waals surface area contributed by atoms with Gasteiger partial charge in [-0.15, -0.1) is 0 Å². The highest BCUT2D eigenvalue weighted by atomic mass is 16.6. The van der Waals surface area contributed by atoms with Crippen LogP contribution in [-0.4, -0.2) is 43.5 Å². The van der Waals surface area contributed by atoms with Gasteiger partial charge in [0, 0.05) is 56.3 Å². The molecule has 9 nitrogen and oxygen atoms in total. The fourth-order valence-electron chi connectivity index (χ4n) is 3.28. The third-order valence-corrected chi connectivity index (χ3v) is 4.69. The van der Waals surface area contributed by atoms with E-state index in [9.17, 15) is 19.7 Å². The summed E-state index contributed by atoms with van der Waals surface area (Å²) in [6.07, 6.45) is 0.708. The Bertz CT molecular complexity index is 960. The summed E-state index contributed by atoms with van der Waals surface area (Å²) in [5, 5.41) is 17.0. The Morgan fingerprint density at radius 3 is 2.72 bits per heavy atom. The van der Waals surface area contributed by atoms with Gasteiger partial charge < -0.3 is 20.3 Å². The highest BCUT2D eigenvalue weighted by Gasteiger charge is 2.23. The number of anilines is 3. The molecule has 0 aromatic heterocycles. The Morgan fingerprint density at radius 1 is 1.24 bits per heavy atom. The predicted octanol–water partition coefficient (Wildman–Crippen LogP) is 2.81. The first kappa shape index (κ1) is 20.3. The molecule has 0 bridgehead atoms. The molecule has 2 amide bonds. The van der Waals surface area contributed by atoms with E-state index < -0.39 is 10.8 Å². The molecule has 1 aliphatic heterocycles. The number of fused-ring (bicyclic) bond motifs is 1. The molecule has 29 heavy (non-hydrogen) atoms. The monoisotopic (exact) mass is 398 g/mol. The van der Waals surface area contributed by atoms with Crippen LogP contribution in [0.3, 0.4) is 0 Å². The number of benzene rings is 2. The van der Waals surface area contributed by atoms with E-state index in [0.717, 1.165) is 11.3 Å². The van der Waals surface area contributed by atoms with E-state index in [1.165, 1.54) is 25.1 Å². The summed E-state index contributed by atoms with van der Waals surface area (Å²) >= 11 is 0. The van der Waals surface area contributed by atoms with Gasteiger partial charge in [-0.25, -0.2) is 0 Å². The van der Waals surface area contributed by atoms with E-state index in [0.29, 0.717) is 37.5 Å². The minimum atomic E-state index is -0.540. The maximum atomic E-state index is 12.8. The molecule has 2 N–H and O–H groups in total. The van der Waals surface area contributed by atoms with Crippen molar-refractivity contribution in [2.45, 2.75) is 13.3 Å². The first-order chi connectivity index (χ1) is 13.9. The molecular weight excluding hydrogens is 376 g/mol. The van der Waals surface area contributed by atoms with Crippen molar-refractivity contribution in [1.82, 2.24) is 0 Å². The van der Waals surface area contributed by atoms with Crippen LogP contribution in [0.15, 0.2) is 36.4 Å². The van der Waals surface area contributed by atoms with Crippen LogP contribution >= 0.6 is 0 Å². The smallest absolute Gasteiger partial charge is 0.270 e. The van der Waals surface area contributed by atoms with Crippen LogP contribution in [0, 0.1) is 10.1 Å². The topological polar surface area (TPSA) is 114 Å². The van der Waals surface area contributed by atoms with Gasteiger partial charge in [0.1, 0.15) is 0 Å². The van der Waals surface area contributed by atoms with Crippen molar-refractivity contribution in [2.24, 2.45) is 0 Å². The Morgan fingerprint density at radius 2 is 2.03 bits per heavy atom. The molecule has 0 fully saturated rings. The molecule has 1 heterocycles. The second-order valence-electron chi connectivity index (χ2n) is 6.62. The highest BCUT2D eigenvalue weighted by Crippen LogP contribution is 2.31. The van der Waals surface area contributed by atoms with Crippen molar-refractivity contribution in [3.8, 4) is 0 Å². The van der Waals surface area contributed by atoms with Gasteiger partial charge in [-0.2, -0.15) is 0 Å². The van der Waals surface area contributed by atoms with E-state index in [1.54, 1.807) is 24.1 Å². The number of ether oxygens (including phenoxy) is 1. The van der Waals surface area contributed by atoms with E-state index in [2.05, 4.69) is 10.6 Å². The lowest BCUT2D eigenvalue weighted by Crippen LogP contribution is -2.25. The van der Waals surface area contributed by atoms with Gasteiger partial charge in [0.25, 0.3) is 11.6 Å². The summed E-state index contributed by atoms with van der Waals surface area (Å²) in [4.78, 5) is 36.8. The second kappa shape index (κ2) is 8.70. The van der Waals surface area contributed by atoms with Crippen molar-refractivity contribution in [2.75, 3.05) is 42.3 Å². The summed E-state index contributed by atoms with van der Waals surface area (Å²) in [6.45, 7) is 3.01. The Kier molecular flexibility index (Phi) is 6.08. The zero-order valence-corrected chi connectivity index (χ0v) is 16.2. The van der Waals surface area contributed by atoms with Gasteiger partial charge in [-0.1, -0.05) is 0 Å². The van der Waals surface area contributed by atoms with Gasteiger partial charge in [-0.3, -0.25) is 19.7 Å². The molecule has 0 saturated carbocycles. The summed E-state index contributed by atoms with van der Waals surface area (Å²) in [6, 6.07) is 9.44. The molecule has 3 rings (SSSR count). The number of hydrogen-bond donors (Lipinski definition) is 2. The second-order valence-corrected chi connectivity index (χ2v) is 6.62. The number of nitro groups is 1. The van der Waals surface area contributed by atoms with Crippen molar-refractivity contribution in [1.29, 1.82) is 0 Å². The number of nitrogens with one attached hydrogen (secondary N) is 2. The molecule has 0 radical (unpaired) electrons. The molecule has 1 aliphatic rings. The van der Waals surface area contributed by atoms with E-state index in [-0.39, 0.29) is 17.2 Å². The van der Waals surface area contributed by atoms with Crippen LogP contribution in [0.2, 0.25) is 0 Å². The average molecular weight is 398 g/mol. The molecular formula is C20H22N4O5. The number of carbonyl (C=O) groups excluding carboxylic acids is 2. The Labute approximate surface area is 167 Å². The SMILES string of the molecule is COCCNc1ccc([N+](=O)[O-])cc1C(=O)Nc1ccc2c(c1)CCN2C(C)=O. The summed E-state index contributed by atoms with van der Waals surface area (Å²) < 4.78 is 4.99. The van der Waals surface area contributed by atoms with E-state index >= 15 is 0 Å². The first-order valence-corrected chi connectivity index (χ1v) is 9.14. The van der Waals surface area contributed by atoms with Crippen LogP contribution < -0.4 is 15.5 Å². The number of non-ortho nitro benzene ring substituents is 1. The van der Waals surface area contributed by atoms with Crippen molar-refractivity contribution in [3.63, 3.8) is 0 Å². The third kappa shape index (κ3) is 4.52. The maximum absolute atomic E-state index is 12.8. The fourth-order valence-corrected chi connectivity index (χ4v) is 3.28. The van der Waals surface area contributed by atoms with Crippen molar-refractivity contribution < 1.29 is 19.2 Å². The van der Waals surface area contributed by atoms with Crippen LogP contribution in [0.25, 0.3) is 0 Å². The normalized spacial score (nSPS) is 12.4. The molecule has 0 spiro atoms. The Balaban J connectivity index is 1.83. The molecule has 0 atom stereocenters. The van der Waals surface area contributed by atoms with Crippen molar-refractivity contribution >= 4 is 34.6 Å². The Hall–Kier alpha value is -3.46. The third-order valence-electron chi connectivity index (χ3n) is 4.69. The molecule has 0 aliphatic carbocycles. The average Bonchev–Trinajstić information content (AvgIpc) is 3.11. The summed E-state index contributed by atoms with van der Waals surface area (Å²) in [7, 11) is 1.56. The van der Waals surface area contributed by atoms with Gasteiger partial charge in [0.15, 0.2) is 0 Å². The minimum absolute atomic E-state index is 0.0242. The number of carbonyl (C=O) groups is 2. The number of amides is 2. The van der Waals surface area contributed by atoms with Gasteiger partial charge >= 0.3 is 0 Å². The molecule has 2 aromatic rings. The predicted molar refractivity (Wildman–Crippen MR) is 110 cm³/mol. The maximum Gasteiger partial charge on any atom is 0.270 e. The highest BCUT2D eigenvalue weighted by molar-refractivity contribution is 6.08. The minimum Gasteiger partial charge on any atom is -0.383 e. The number of nitrogens with zero attached hydrogens (tertiary/aromatic N) is 2. The number of methoxy groups -OCH3 is 1. The number of rotatable bonds is 7. The largest absolute Gasteiger partial charge is 0.383 e. The molecule has 9 heteroatoms. The first-order valence-electron chi connectivity index (χ1n) is 9.14. The summed E-state index contributed by atoms with van der Waals surface area (Å²) in [5.74, 6) is -0.487. The zero-order chi connectivity index (χ0) is 21.0. The standard InChI is InChI=1S/C20H22N4O5/c1-13(25)23-9-7-14-11-15(3-6-19(14)23)22-20(26)17-12-16(24(27)28)4-5-18(17)21-8-10-29-2/h3-6,11-12,21H,7-10H2,1-2H3,(H,22,26). The lowest BCUT2D eigenvalue weighted by Gasteiger charge is -2.15. The zero-order valence-electron chi connectivity index (χ0n) is 16.2. The van der Waals surface area contributed by atoms with Crippen LogP contribution in [0.4, 0.5) is 22.7 Å². The van der Waals surface area contributed by atoms with Gasteiger partial charge in [0.05, 0.1) is 17.1 Å². The van der Waals surface area contributed by atoms with Crippen molar-refractivity contribution in [3.05, 3.63) is 57.6 Å². The van der Waals surface area contributed by atoms with Crippen LogP contribution in [-0.2, 0) is 16.0 Å². The lowest BCUT2D eigenvalue weighted by molar-refractivity contribution is -0.384. The lowest BCUT2D eigenvalue weighted by atomic mass is 10.1. The van der Waals surface area contributed by atoms with Crippen LogP contribution in [0.5, 0.6) is 0 Å². The number of hydrogen-bond acceptors (Lipinski definition) is 6. The molecule has 0 unspecified atom stereocenters. The number of nitro benzene ring substituents is 1. The summed E-state index contributed by atoms with van der Waals surface area (Å²) in [5.41, 5.74) is 2.85. The molecule has 152 valence electrons. The van der Waals surface area contributed by atoms with E-state index in [4.69, 9.17) is 4.74 Å². The quantitative estimate of drug-likeness (QED) is 0.421. The van der Waals surface area contributed by atoms with Crippen LogP contribution in [0.1, 0.15) is 22.8 Å².